The molecule has 0 aromatic heterocycles. The van der Waals surface area contributed by atoms with Crippen LogP contribution in [0.1, 0.15) is 52.9 Å². The number of carbonyl (C=O) groups is 1. The Hall–Kier alpha value is -3.33. The third-order valence-corrected chi connectivity index (χ3v) is 5.60. The molecule has 0 spiro atoms. The fourth-order valence-corrected chi connectivity index (χ4v) is 4.15. The SMILES string of the molecule is CC/C=c1/cc2c(cc1C)=C(c1ccccc1C=O)c1cc(C)c(NCC)cc1O2. The van der Waals surface area contributed by atoms with Crippen LogP contribution in [0.3, 0.4) is 0 Å². The van der Waals surface area contributed by atoms with E-state index in [1.54, 1.807) is 0 Å². The first-order chi connectivity index (χ1) is 14.6. The van der Waals surface area contributed by atoms with Crippen molar-refractivity contribution in [3.8, 4) is 11.5 Å². The van der Waals surface area contributed by atoms with Gasteiger partial charge in [0.2, 0.25) is 0 Å². The van der Waals surface area contributed by atoms with Crippen LogP contribution >= 0.6 is 0 Å². The predicted molar refractivity (Wildman–Crippen MR) is 124 cm³/mol. The zero-order valence-corrected chi connectivity index (χ0v) is 18.0. The largest absolute Gasteiger partial charge is 0.456 e. The maximum Gasteiger partial charge on any atom is 0.150 e. The molecule has 30 heavy (non-hydrogen) atoms. The number of nitrogens with one attached hydrogen (secondary N) is 1. The number of aldehydes is 1. The maximum atomic E-state index is 11.8. The molecule has 3 nitrogen and oxygen atoms in total. The number of benzene rings is 3. The van der Waals surface area contributed by atoms with Gasteiger partial charge in [-0.3, -0.25) is 4.79 Å². The molecule has 1 heterocycles. The highest BCUT2D eigenvalue weighted by atomic mass is 16.5. The van der Waals surface area contributed by atoms with Crippen LogP contribution < -0.4 is 20.5 Å². The van der Waals surface area contributed by atoms with Crippen molar-refractivity contribution < 1.29 is 9.53 Å². The fraction of sp³-hybridized carbons (Fsp3) is 0.222. The highest BCUT2D eigenvalue weighted by Gasteiger charge is 2.23. The first-order valence-corrected chi connectivity index (χ1v) is 10.5. The summed E-state index contributed by atoms with van der Waals surface area (Å²) in [7, 11) is 0. The number of aryl methyl sites for hydroxylation is 2. The summed E-state index contributed by atoms with van der Waals surface area (Å²) in [5.74, 6) is 1.64. The van der Waals surface area contributed by atoms with Crippen LogP contribution in [0, 0.1) is 13.8 Å². The van der Waals surface area contributed by atoms with E-state index in [0.717, 1.165) is 63.9 Å². The van der Waals surface area contributed by atoms with E-state index in [2.05, 4.69) is 63.4 Å². The van der Waals surface area contributed by atoms with Gasteiger partial charge < -0.3 is 10.1 Å². The van der Waals surface area contributed by atoms with E-state index < -0.39 is 0 Å². The maximum absolute atomic E-state index is 11.8. The van der Waals surface area contributed by atoms with Crippen molar-refractivity contribution in [1.29, 1.82) is 0 Å². The summed E-state index contributed by atoms with van der Waals surface area (Å²) in [5, 5.41) is 5.62. The molecule has 0 aliphatic carbocycles. The average molecular weight is 398 g/mol. The summed E-state index contributed by atoms with van der Waals surface area (Å²) in [5.41, 5.74) is 7.09. The van der Waals surface area contributed by atoms with Gasteiger partial charge in [0.1, 0.15) is 11.5 Å². The summed E-state index contributed by atoms with van der Waals surface area (Å²) in [6.07, 6.45) is 4.11. The number of carbonyl (C=O) groups excluding carboxylic acids is 1. The minimum absolute atomic E-state index is 0.682. The molecule has 1 aliphatic heterocycles. The van der Waals surface area contributed by atoms with Crippen molar-refractivity contribution in [2.45, 2.75) is 34.1 Å². The van der Waals surface area contributed by atoms with Gasteiger partial charge in [-0.05, 0) is 67.3 Å². The lowest BCUT2D eigenvalue weighted by molar-refractivity contribution is 0.112. The summed E-state index contributed by atoms with van der Waals surface area (Å²) < 4.78 is 6.42. The van der Waals surface area contributed by atoms with Gasteiger partial charge in [-0.15, -0.1) is 0 Å². The predicted octanol–water partition coefficient (Wildman–Crippen LogP) is 5.09. The van der Waals surface area contributed by atoms with Gasteiger partial charge in [0.25, 0.3) is 0 Å². The molecule has 1 N–H and O–H groups in total. The summed E-state index contributed by atoms with van der Waals surface area (Å²) in [6.45, 7) is 9.29. The van der Waals surface area contributed by atoms with E-state index in [4.69, 9.17) is 4.74 Å². The standard InChI is InChI=1S/C27H27NO2/c1-5-9-19-14-25-22(12-17(19)3)27(21-11-8-7-10-20(21)16-29)23-13-18(4)24(28-6-2)15-26(23)30-25/h7-16,28H,5-6H2,1-4H3/b19-9-. The van der Waals surface area contributed by atoms with Crippen molar-refractivity contribution in [2.24, 2.45) is 0 Å². The van der Waals surface area contributed by atoms with Gasteiger partial charge in [0, 0.05) is 40.2 Å². The quantitative estimate of drug-likeness (QED) is 0.477. The molecule has 1 aliphatic rings. The Morgan fingerprint density at radius 2 is 1.73 bits per heavy atom. The Morgan fingerprint density at radius 1 is 0.933 bits per heavy atom. The number of hydrogen-bond acceptors (Lipinski definition) is 3. The first-order valence-electron chi connectivity index (χ1n) is 10.5. The molecular weight excluding hydrogens is 370 g/mol. The molecule has 0 radical (unpaired) electrons. The second-order valence-electron chi connectivity index (χ2n) is 7.69. The Morgan fingerprint density at radius 3 is 2.47 bits per heavy atom. The van der Waals surface area contributed by atoms with E-state index in [1.165, 1.54) is 10.8 Å². The second kappa shape index (κ2) is 8.19. The lowest BCUT2D eigenvalue weighted by Gasteiger charge is -2.24. The van der Waals surface area contributed by atoms with Crippen LogP contribution in [-0.4, -0.2) is 12.8 Å². The molecule has 3 heteroatoms. The molecule has 4 rings (SSSR count). The molecule has 0 fully saturated rings. The molecule has 0 saturated carbocycles. The molecule has 3 aromatic carbocycles. The molecule has 0 amide bonds. The third-order valence-electron chi connectivity index (χ3n) is 5.60. The van der Waals surface area contributed by atoms with Crippen LogP contribution in [0.15, 0.2) is 48.5 Å². The smallest absolute Gasteiger partial charge is 0.150 e. The Balaban J connectivity index is 2.13. The van der Waals surface area contributed by atoms with Gasteiger partial charge in [-0.1, -0.05) is 37.3 Å². The van der Waals surface area contributed by atoms with E-state index in [1.807, 2.05) is 24.3 Å². The van der Waals surface area contributed by atoms with Crippen LogP contribution in [0.4, 0.5) is 5.69 Å². The van der Waals surface area contributed by atoms with Crippen LogP contribution in [0.5, 0.6) is 11.5 Å². The molecule has 0 saturated heterocycles. The highest BCUT2D eigenvalue weighted by Crippen LogP contribution is 2.39. The number of rotatable bonds is 5. The molecule has 3 aromatic rings. The Kier molecular flexibility index (Phi) is 5.45. The summed E-state index contributed by atoms with van der Waals surface area (Å²) in [4.78, 5) is 11.8. The highest BCUT2D eigenvalue weighted by molar-refractivity contribution is 5.93. The molecular formula is C27H27NO2. The van der Waals surface area contributed by atoms with Crippen LogP contribution in [0.25, 0.3) is 11.6 Å². The average Bonchev–Trinajstić information content (AvgIpc) is 2.74. The van der Waals surface area contributed by atoms with Gasteiger partial charge in [0.15, 0.2) is 6.29 Å². The zero-order valence-electron chi connectivity index (χ0n) is 18.0. The zero-order chi connectivity index (χ0) is 21.3. The van der Waals surface area contributed by atoms with Gasteiger partial charge in [0.05, 0.1) is 0 Å². The third kappa shape index (κ3) is 3.41. The second-order valence-corrected chi connectivity index (χ2v) is 7.69. The van der Waals surface area contributed by atoms with Crippen molar-refractivity contribution in [3.05, 3.63) is 86.8 Å². The number of fused-ring (bicyclic) bond motifs is 2. The Bertz CT molecular complexity index is 1250. The van der Waals surface area contributed by atoms with E-state index in [9.17, 15) is 4.79 Å². The van der Waals surface area contributed by atoms with Gasteiger partial charge in [-0.2, -0.15) is 0 Å². The topological polar surface area (TPSA) is 38.3 Å². The molecule has 0 unspecified atom stereocenters. The van der Waals surface area contributed by atoms with E-state index >= 15 is 0 Å². The number of anilines is 1. The van der Waals surface area contributed by atoms with Crippen molar-refractivity contribution >= 4 is 23.6 Å². The van der Waals surface area contributed by atoms with Crippen molar-refractivity contribution in [1.82, 2.24) is 0 Å². The van der Waals surface area contributed by atoms with Crippen molar-refractivity contribution in [2.75, 3.05) is 11.9 Å². The minimum atomic E-state index is 0.682. The number of ether oxygens (including phenoxy) is 1. The monoisotopic (exact) mass is 397 g/mol. The van der Waals surface area contributed by atoms with Crippen LogP contribution in [-0.2, 0) is 0 Å². The van der Waals surface area contributed by atoms with E-state index in [0.29, 0.717) is 5.56 Å². The molecule has 0 atom stereocenters. The molecule has 152 valence electrons. The van der Waals surface area contributed by atoms with E-state index in [-0.39, 0.29) is 0 Å². The summed E-state index contributed by atoms with van der Waals surface area (Å²) in [6, 6.07) is 16.3. The normalized spacial score (nSPS) is 12.8. The lowest BCUT2D eigenvalue weighted by Crippen LogP contribution is -2.22. The number of hydrogen-bond donors (Lipinski definition) is 1. The van der Waals surface area contributed by atoms with Gasteiger partial charge >= 0.3 is 0 Å². The van der Waals surface area contributed by atoms with Gasteiger partial charge in [-0.25, -0.2) is 0 Å². The van der Waals surface area contributed by atoms with Crippen LogP contribution in [0.2, 0.25) is 0 Å². The lowest BCUT2D eigenvalue weighted by atomic mass is 9.88. The Labute approximate surface area is 177 Å². The van der Waals surface area contributed by atoms with Crippen molar-refractivity contribution in [3.63, 3.8) is 0 Å². The summed E-state index contributed by atoms with van der Waals surface area (Å²) >= 11 is 0. The molecule has 0 bridgehead atoms. The first kappa shape index (κ1) is 20.0. The fourth-order valence-electron chi connectivity index (χ4n) is 4.15. The minimum Gasteiger partial charge on any atom is -0.456 e.